The van der Waals surface area contributed by atoms with Crippen LogP contribution in [0.1, 0.15) is 15.9 Å². The molecule has 1 heterocycles. The Morgan fingerprint density at radius 1 is 1.26 bits per heavy atom. The third kappa shape index (κ3) is 4.32. The molecule has 0 saturated heterocycles. The highest BCUT2D eigenvalue weighted by Crippen LogP contribution is 2.15. The van der Waals surface area contributed by atoms with E-state index in [1.807, 2.05) is 0 Å². The normalized spacial score (nSPS) is 11.8. The van der Waals surface area contributed by atoms with E-state index in [4.69, 9.17) is 0 Å². The summed E-state index contributed by atoms with van der Waals surface area (Å²) in [5.41, 5.74) is 0.422. The van der Waals surface area contributed by atoms with Crippen LogP contribution in [0.5, 0.6) is 0 Å². The fraction of sp³-hybridized carbons (Fsp3) is 0.133. The molecule has 2 N–H and O–H groups in total. The highest BCUT2D eigenvalue weighted by molar-refractivity contribution is 9.10. The zero-order chi connectivity index (χ0) is 17.0. The molecule has 5 nitrogen and oxygen atoms in total. The first kappa shape index (κ1) is 17.0. The van der Waals surface area contributed by atoms with Crippen molar-refractivity contribution in [1.82, 2.24) is 10.3 Å². The number of aromatic nitrogens is 1. The Bertz CT molecular complexity index is 755. The SMILES string of the molecule is O=C(N[C@H](Cc1cccnc1Br)C(=O)O)c1ccc(F)c(F)c1. The molecule has 0 saturated carbocycles. The third-order valence-corrected chi connectivity index (χ3v) is 3.76. The smallest absolute Gasteiger partial charge is 0.326 e. The summed E-state index contributed by atoms with van der Waals surface area (Å²) in [6.07, 6.45) is 1.52. The fourth-order valence-electron chi connectivity index (χ4n) is 1.87. The molecule has 1 aromatic carbocycles. The van der Waals surface area contributed by atoms with Crippen LogP contribution in [0.2, 0.25) is 0 Å². The number of halogens is 3. The summed E-state index contributed by atoms with van der Waals surface area (Å²) in [6, 6.07) is 4.65. The number of hydrogen-bond acceptors (Lipinski definition) is 3. The Kier molecular flexibility index (Phi) is 5.38. The number of pyridine rings is 1. The van der Waals surface area contributed by atoms with Gasteiger partial charge >= 0.3 is 5.97 Å². The molecule has 120 valence electrons. The Morgan fingerprint density at radius 3 is 2.61 bits per heavy atom. The first-order valence-electron chi connectivity index (χ1n) is 6.46. The molecule has 23 heavy (non-hydrogen) atoms. The monoisotopic (exact) mass is 384 g/mol. The van der Waals surface area contributed by atoms with Crippen molar-refractivity contribution in [3.8, 4) is 0 Å². The molecule has 8 heteroatoms. The van der Waals surface area contributed by atoms with Gasteiger partial charge in [-0.3, -0.25) is 4.79 Å². The molecule has 0 aliphatic carbocycles. The van der Waals surface area contributed by atoms with Crippen molar-refractivity contribution in [1.29, 1.82) is 0 Å². The maximum atomic E-state index is 13.1. The molecule has 0 spiro atoms. The van der Waals surface area contributed by atoms with Gasteiger partial charge in [0.2, 0.25) is 0 Å². The summed E-state index contributed by atoms with van der Waals surface area (Å²) in [5, 5.41) is 11.5. The van der Waals surface area contributed by atoms with Crippen LogP contribution in [0, 0.1) is 11.6 Å². The Labute approximate surface area is 138 Å². The number of carboxylic acids is 1. The molecule has 0 aliphatic heterocycles. The number of benzene rings is 1. The lowest BCUT2D eigenvalue weighted by Gasteiger charge is -2.15. The first-order chi connectivity index (χ1) is 10.9. The van der Waals surface area contributed by atoms with Gasteiger partial charge in [0, 0.05) is 18.2 Å². The quantitative estimate of drug-likeness (QED) is 0.776. The number of hydrogen-bond donors (Lipinski definition) is 2. The van der Waals surface area contributed by atoms with Crippen molar-refractivity contribution in [3.05, 3.63) is 63.9 Å². The van der Waals surface area contributed by atoms with Crippen LogP contribution in [0.3, 0.4) is 0 Å². The number of amides is 1. The van der Waals surface area contributed by atoms with Crippen LogP contribution in [-0.2, 0) is 11.2 Å². The largest absolute Gasteiger partial charge is 0.480 e. The highest BCUT2D eigenvalue weighted by atomic mass is 79.9. The predicted octanol–water partition coefficient (Wildman–Crippen LogP) is 2.55. The van der Waals surface area contributed by atoms with Gasteiger partial charge in [-0.15, -0.1) is 0 Å². The molecule has 0 bridgehead atoms. The number of nitrogens with one attached hydrogen (secondary N) is 1. The molecule has 1 amide bonds. The maximum Gasteiger partial charge on any atom is 0.326 e. The molecule has 1 aromatic heterocycles. The fourth-order valence-corrected chi connectivity index (χ4v) is 2.28. The molecular formula is C15H11BrF2N2O3. The lowest BCUT2D eigenvalue weighted by Crippen LogP contribution is -2.42. The average molecular weight is 385 g/mol. The molecule has 2 aromatic rings. The molecule has 0 aliphatic rings. The van der Waals surface area contributed by atoms with Gasteiger partial charge in [0.25, 0.3) is 5.91 Å². The minimum Gasteiger partial charge on any atom is -0.480 e. The molecule has 0 radical (unpaired) electrons. The van der Waals surface area contributed by atoms with Crippen molar-refractivity contribution in [3.63, 3.8) is 0 Å². The minimum atomic E-state index is -1.25. The summed E-state index contributed by atoms with van der Waals surface area (Å²) in [6.45, 7) is 0. The first-order valence-corrected chi connectivity index (χ1v) is 7.26. The Morgan fingerprint density at radius 2 is 2.00 bits per heavy atom. The lowest BCUT2D eigenvalue weighted by atomic mass is 10.1. The van der Waals surface area contributed by atoms with E-state index in [0.717, 1.165) is 12.1 Å². The van der Waals surface area contributed by atoms with Gasteiger partial charge in [-0.1, -0.05) is 6.07 Å². The van der Waals surface area contributed by atoms with Crippen LogP contribution in [0.25, 0.3) is 0 Å². The summed E-state index contributed by atoms with van der Waals surface area (Å²) in [5.74, 6) is -4.33. The van der Waals surface area contributed by atoms with Crippen molar-refractivity contribution in [2.75, 3.05) is 0 Å². The highest BCUT2D eigenvalue weighted by Gasteiger charge is 2.22. The van der Waals surface area contributed by atoms with E-state index in [1.54, 1.807) is 12.1 Å². The molecule has 2 rings (SSSR count). The van der Waals surface area contributed by atoms with Crippen LogP contribution in [-0.4, -0.2) is 28.0 Å². The van der Waals surface area contributed by atoms with Crippen molar-refractivity contribution >= 4 is 27.8 Å². The number of aliphatic carboxylic acids is 1. The topological polar surface area (TPSA) is 79.3 Å². The number of rotatable bonds is 5. The van der Waals surface area contributed by atoms with E-state index in [0.29, 0.717) is 16.2 Å². The Hall–Kier alpha value is -2.35. The summed E-state index contributed by atoms with van der Waals surface area (Å²) < 4.78 is 26.5. The Balaban J connectivity index is 2.16. The second-order valence-corrected chi connectivity index (χ2v) is 5.40. The van der Waals surface area contributed by atoms with Gasteiger partial charge in [0.15, 0.2) is 11.6 Å². The van der Waals surface area contributed by atoms with Gasteiger partial charge in [-0.2, -0.15) is 0 Å². The van der Waals surface area contributed by atoms with E-state index in [-0.39, 0.29) is 12.0 Å². The number of nitrogens with zero attached hydrogens (tertiary/aromatic N) is 1. The van der Waals surface area contributed by atoms with Gasteiger partial charge < -0.3 is 10.4 Å². The van der Waals surface area contributed by atoms with E-state index >= 15 is 0 Å². The molecule has 0 fully saturated rings. The van der Waals surface area contributed by atoms with E-state index in [2.05, 4.69) is 26.2 Å². The minimum absolute atomic E-state index is 0.0147. The van der Waals surface area contributed by atoms with Gasteiger partial charge in [0.1, 0.15) is 10.6 Å². The zero-order valence-electron chi connectivity index (χ0n) is 11.6. The van der Waals surface area contributed by atoms with E-state index in [1.165, 1.54) is 6.20 Å². The number of carboxylic acid groups (broad SMARTS) is 1. The van der Waals surface area contributed by atoms with Gasteiger partial charge in [0.05, 0.1) is 0 Å². The number of carbonyl (C=O) groups is 2. The molecule has 0 unspecified atom stereocenters. The second kappa shape index (κ2) is 7.28. The number of carbonyl (C=O) groups excluding carboxylic acids is 1. The van der Waals surface area contributed by atoms with Crippen molar-refractivity contribution in [2.45, 2.75) is 12.5 Å². The lowest BCUT2D eigenvalue weighted by molar-refractivity contribution is -0.139. The van der Waals surface area contributed by atoms with E-state index in [9.17, 15) is 23.5 Å². The van der Waals surface area contributed by atoms with Gasteiger partial charge in [-0.25, -0.2) is 18.6 Å². The van der Waals surface area contributed by atoms with Crippen molar-refractivity contribution < 1.29 is 23.5 Å². The third-order valence-electron chi connectivity index (χ3n) is 3.05. The summed E-state index contributed by atoms with van der Waals surface area (Å²) in [7, 11) is 0. The van der Waals surface area contributed by atoms with E-state index < -0.39 is 29.6 Å². The van der Waals surface area contributed by atoms with Crippen molar-refractivity contribution in [2.24, 2.45) is 0 Å². The van der Waals surface area contributed by atoms with Gasteiger partial charge in [-0.05, 0) is 45.8 Å². The molecular weight excluding hydrogens is 374 g/mol. The average Bonchev–Trinajstić information content (AvgIpc) is 2.51. The van der Waals surface area contributed by atoms with Crippen LogP contribution >= 0.6 is 15.9 Å². The van der Waals surface area contributed by atoms with Crippen LogP contribution < -0.4 is 5.32 Å². The maximum absolute atomic E-state index is 13.1. The predicted molar refractivity (Wildman–Crippen MR) is 80.9 cm³/mol. The molecule has 1 atom stereocenters. The zero-order valence-corrected chi connectivity index (χ0v) is 13.2. The second-order valence-electron chi connectivity index (χ2n) is 4.65. The van der Waals surface area contributed by atoms with Crippen LogP contribution in [0.15, 0.2) is 41.1 Å². The standard InChI is InChI=1S/C15H11BrF2N2O3/c16-13-8(2-1-5-19-13)7-12(15(22)23)20-14(21)9-3-4-10(17)11(18)6-9/h1-6,12H,7H2,(H,20,21)(H,22,23)/t12-/m1/s1. The van der Waals surface area contributed by atoms with Crippen LogP contribution in [0.4, 0.5) is 8.78 Å². The summed E-state index contributed by atoms with van der Waals surface area (Å²) in [4.78, 5) is 27.3. The summed E-state index contributed by atoms with van der Waals surface area (Å²) >= 11 is 3.19.